The Morgan fingerprint density at radius 2 is 1.61 bits per heavy atom. The summed E-state index contributed by atoms with van der Waals surface area (Å²) >= 11 is 1.56. The van der Waals surface area contributed by atoms with Crippen molar-refractivity contribution in [3.63, 3.8) is 0 Å². The van der Waals surface area contributed by atoms with Crippen molar-refractivity contribution in [2.75, 3.05) is 17.6 Å². The highest BCUT2D eigenvalue weighted by Crippen LogP contribution is 2.25. The maximum Gasteiger partial charge on any atom is 0.264 e. The van der Waals surface area contributed by atoms with Gasteiger partial charge in [0.2, 0.25) is 0 Å². The molecular weight excluding hydrogens is 392 g/mol. The number of benzene rings is 2. The van der Waals surface area contributed by atoms with E-state index >= 15 is 0 Å². The van der Waals surface area contributed by atoms with Gasteiger partial charge in [0.05, 0.1) is 10.6 Å². The second-order valence-electron chi connectivity index (χ2n) is 7.00. The van der Waals surface area contributed by atoms with Crippen LogP contribution in [0.25, 0.3) is 0 Å². The topological polar surface area (TPSA) is 66.5 Å². The molecule has 1 aliphatic rings. The highest BCUT2D eigenvalue weighted by atomic mass is 32.2. The number of hydrogen-bond acceptors (Lipinski definition) is 4. The number of nitrogens with zero attached hydrogens (tertiary/aromatic N) is 1. The van der Waals surface area contributed by atoms with Gasteiger partial charge < -0.3 is 5.32 Å². The van der Waals surface area contributed by atoms with Crippen LogP contribution < -0.4 is 9.62 Å². The molecule has 1 N–H and O–H groups in total. The quantitative estimate of drug-likeness (QED) is 0.711. The molecule has 0 aliphatic heterocycles. The molecule has 0 saturated heterocycles. The molecule has 0 bridgehead atoms. The number of anilines is 1. The first kappa shape index (κ1) is 20.7. The maximum absolute atomic E-state index is 12.9. The molecule has 1 fully saturated rings. The Hall–Kier alpha value is -1.99. The summed E-state index contributed by atoms with van der Waals surface area (Å²) in [6.07, 6.45) is 7.55. The summed E-state index contributed by atoms with van der Waals surface area (Å²) in [5.41, 5.74) is 1.06. The van der Waals surface area contributed by atoms with E-state index in [-0.39, 0.29) is 16.8 Å². The fourth-order valence-corrected chi connectivity index (χ4v) is 4.99. The first-order valence-corrected chi connectivity index (χ1v) is 12.1. The van der Waals surface area contributed by atoms with Crippen LogP contribution in [-0.2, 0) is 10.0 Å². The van der Waals surface area contributed by atoms with Gasteiger partial charge in [0.25, 0.3) is 15.9 Å². The molecule has 3 rings (SSSR count). The van der Waals surface area contributed by atoms with Gasteiger partial charge in [-0.25, -0.2) is 8.42 Å². The fraction of sp³-hybridized carbons (Fsp3) is 0.381. The summed E-state index contributed by atoms with van der Waals surface area (Å²) in [4.78, 5) is 13.7. The third-order valence-corrected chi connectivity index (χ3v) is 7.69. The number of carbonyl (C=O) groups excluding carboxylic acids is 1. The van der Waals surface area contributed by atoms with Crippen molar-refractivity contribution < 1.29 is 13.2 Å². The summed E-state index contributed by atoms with van der Waals surface area (Å²) in [6.45, 7) is 0. The second kappa shape index (κ2) is 9.01. The van der Waals surface area contributed by atoms with E-state index in [1.54, 1.807) is 60.3 Å². The maximum atomic E-state index is 12.9. The van der Waals surface area contributed by atoms with Crippen molar-refractivity contribution in [3.05, 3.63) is 54.1 Å². The molecule has 0 radical (unpaired) electrons. The third-order valence-electron chi connectivity index (χ3n) is 5.15. The van der Waals surface area contributed by atoms with Crippen molar-refractivity contribution in [2.45, 2.75) is 47.9 Å². The van der Waals surface area contributed by atoms with Crippen LogP contribution in [0.15, 0.2) is 58.3 Å². The molecule has 1 saturated carbocycles. The van der Waals surface area contributed by atoms with Gasteiger partial charge in [0.15, 0.2) is 0 Å². The summed E-state index contributed by atoms with van der Waals surface area (Å²) in [5.74, 6) is -0.100. The number of carbonyl (C=O) groups is 1. The Balaban J connectivity index is 1.71. The smallest absolute Gasteiger partial charge is 0.264 e. The highest BCUT2D eigenvalue weighted by Gasteiger charge is 2.22. The molecule has 0 atom stereocenters. The molecule has 5 nitrogen and oxygen atoms in total. The SMILES string of the molecule is CSc1ccc(S(=O)(=O)N(C)c2ccc(C(=O)NC3CCCCC3)cc2)cc1. The number of hydrogen-bond donors (Lipinski definition) is 1. The van der Waals surface area contributed by atoms with Crippen LogP contribution in [0.3, 0.4) is 0 Å². The monoisotopic (exact) mass is 418 g/mol. The van der Waals surface area contributed by atoms with Crippen LogP contribution >= 0.6 is 11.8 Å². The van der Waals surface area contributed by atoms with E-state index in [1.165, 1.54) is 17.8 Å². The lowest BCUT2D eigenvalue weighted by Crippen LogP contribution is -2.36. The molecule has 1 aliphatic carbocycles. The number of amides is 1. The fourth-order valence-electron chi connectivity index (χ4n) is 3.38. The molecule has 0 heterocycles. The Kier molecular flexibility index (Phi) is 6.67. The molecular formula is C21H26N2O3S2. The van der Waals surface area contributed by atoms with Gasteiger partial charge in [-0.1, -0.05) is 19.3 Å². The lowest BCUT2D eigenvalue weighted by Gasteiger charge is -2.23. The number of rotatable bonds is 6. The van der Waals surface area contributed by atoms with Crippen molar-refractivity contribution in [3.8, 4) is 0 Å². The molecule has 1 amide bonds. The first-order chi connectivity index (χ1) is 13.4. The van der Waals surface area contributed by atoms with Gasteiger partial charge in [0.1, 0.15) is 0 Å². The van der Waals surface area contributed by atoms with E-state index in [2.05, 4.69) is 5.32 Å². The standard InChI is InChI=1S/C21H26N2O3S2/c1-23(28(25,26)20-14-12-19(27-2)13-15-20)18-10-8-16(9-11-18)21(24)22-17-6-4-3-5-7-17/h8-15,17H,3-7H2,1-2H3,(H,22,24). The molecule has 28 heavy (non-hydrogen) atoms. The van der Waals surface area contributed by atoms with Crippen molar-refractivity contribution in [2.24, 2.45) is 0 Å². The zero-order valence-electron chi connectivity index (χ0n) is 16.2. The van der Waals surface area contributed by atoms with E-state index in [0.717, 1.165) is 30.6 Å². The van der Waals surface area contributed by atoms with Gasteiger partial charge in [-0.05, 0) is 67.6 Å². The van der Waals surface area contributed by atoms with Gasteiger partial charge in [-0.3, -0.25) is 9.10 Å². The normalized spacial score (nSPS) is 15.2. The lowest BCUT2D eigenvalue weighted by molar-refractivity contribution is 0.0927. The summed E-state index contributed by atoms with van der Waals surface area (Å²) < 4.78 is 26.9. The molecule has 150 valence electrons. The van der Waals surface area contributed by atoms with Crippen LogP contribution in [0.1, 0.15) is 42.5 Å². The average molecular weight is 419 g/mol. The molecule has 7 heteroatoms. The van der Waals surface area contributed by atoms with Crippen LogP contribution in [0.4, 0.5) is 5.69 Å². The van der Waals surface area contributed by atoms with Gasteiger partial charge in [-0.2, -0.15) is 0 Å². The zero-order chi connectivity index (χ0) is 20.1. The Morgan fingerprint density at radius 1 is 1.00 bits per heavy atom. The second-order valence-corrected chi connectivity index (χ2v) is 9.85. The lowest BCUT2D eigenvalue weighted by atomic mass is 9.95. The van der Waals surface area contributed by atoms with Crippen LogP contribution in [-0.4, -0.2) is 33.7 Å². The Labute approximate surface area is 171 Å². The van der Waals surface area contributed by atoms with E-state index in [1.807, 2.05) is 6.26 Å². The zero-order valence-corrected chi connectivity index (χ0v) is 17.9. The average Bonchev–Trinajstić information content (AvgIpc) is 2.74. The number of sulfonamides is 1. The van der Waals surface area contributed by atoms with E-state index in [9.17, 15) is 13.2 Å². The predicted octanol–water partition coefficient (Wildman–Crippen LogP) is 4.30. The van der Waals surface area contributed by atoms with Crippen LogP contribution in [0.5, 0.6) is 0 Å². The van der Waals surface area contributed by atoms with Crippen molar-refractivity contribution in [1.29, 1.82) is 0 Å². The van der Waals surface area contributed by atoms with Crippen molar-refractivity contribution >= 4 is 33.4 Å². The molecule has 2 aromatic carbocycles. The highest BCUT2D eigenvalue weighted by molar-refractivity contribution is 7.98. The molecule has 0 spiro atoms. The summed E-state index contributed by atoms with van der Waals surface area (Å²) in [6, 6.07) is 13.8. The van der Waals surface area contributed by atoms with Gasteiger partial charge in [-0.15, -0.1) is 11.8 Å². The molecule has 0 aromatic heterocycles. The minimum Gasteiger partial charge on any atom is -0.349 e. The minimum atomic E-state index is -3.65. The minimum absolute atomic E-state index is 0.100. The third kappa shape index (κ3) is 4.70. The molecule has 0 unspecified atom stereocenters. The number of nitrogens with one attached hydrogen (secondary N) is 1. The summed E-state index contributed by atoms with van der Waals surface area (Å²) in [5, 5.41) is 3.08. The van der Waals surface area contributed by atoms with E-state index in [0.29, 0.717) is 11.3 Å². The summed E-state index contributed by atoms with van der Waals surface area (Å²) in [7, 11) is -2.13. The largest absolute Gasteiger partial charge is 0.349 e. The van der Waals surface area contributed by atoms with Crippen LogP contribution in [0.2, 0.25) is 0 Å². The van der Waals surface area contributed by atoms with Gasteiger partial charge in [0, 0.05) is 23.5 Å². The van der Waals surface area contributed by atoms with Crippen molar-refractivity contribution in [1.82, 2.24) is 5.32 Å². The Bertz CT molecular complexity index is 904. The first-order valence-electron chi connectivity index (χ1n) is 9.46. The number of thioether (sulfide) groups is 1. The van der Waals surface area contributed by atoms with Gasteiger partial charge >= 0.3 is 0 Å². The molecule has 2 aromatic rings. The Morgan fingerprint density at radius 3 is 2.18 bits per heavy atom. The van der Waals surface area contributed by atoms with E-state index in [4.69, 9.17) is 0 Å². The van der Waals surface area contributed by atoms with E-state index < -0.39 is 10.0 Å². The predicted molar refractivity (Wildman–Crippen MR) is 115 cm³/mol. The van der Waals surface area contributed by atoms with Crippen LogP contribution in [0, 0.1) is 0 Å².